The van der Waals surface area contributed by atoms with Gasteiger partial charge in [-0.25, -0.2) is 12.7 Å². The number of amides is 1. The number of carbonyl (C=O) groups is 1. The Morgan fingerprint density at radius 1 is 1.33 bits per heavy atom. The van der Waals surface area contributed by atoms with E-state index >= 15 is 0 Å². The molecule has 3 rings (SSSR count). The molecule has 3 aliphatic rings. The number of hydrogen-bond acceptors (Lipinski definition) is 4. The zero-order chi connectivity index (χ0) is 15.8. The largest absolute Gasteiger partial charge is 0.320 e. The summed E-state index contributed by atoms with van der Waals surface area (Å²) in [6, 6.07) is -0.911. The van der Waals surface area contributed by atoms with Crippen LogP contribution < -0.4 is 5.73 Å². The van der Waals surface area contributed by atoms with Gasteiger partial charge in [-0.15, -0.1) is 0 Å². The Balaban J connectivity index is 2.03. The topological polar surface area (TPSA) is 80.5 Å². The van der Waals surface area contributed by atoms with Crippen molar-refractivity contribution in [1.29, 1.82) is 0 Å². The van der Waals surface area contributed by atoms with E-state index in [1.54, 1.807) is 0 Å². The molecule has 0 aromatic rings. The van der Waals surface area contributed by atoms with Gasteiger partial charge >= 0.3 is 0 Å². The highest BCUT2D eigenvalue weighted by molar-refractivity contribution is 7.90. The third-order valence-corrected chi connectivity index (χ3v) is 8.55. The highest BCUT2D eigenvalue weighted by Crippen LogP contribution is 2.69. The van der Waals surface area contributed by atoms with Crippen molar-refractivity contribution in [3.05, 3.63) is 0 Å². The highest BCUT2D eigenvalue weighted by atomic mass is 32.2. The first-order valence-electron chi connectivity index (χ1n) is 7.86. The molecule has 2 N–H and O–H groups in total. The van der Waals surface area contributed by atoms with Crippen molar-refractivity contribution in [3.63, 3.8) is 0 Å². The normalized spacial score (nSPS) is 40.6. The van der Waals surface area contributed by atoms with Crippen molar-refractivity contribution in [1.82, 2.24) is 4.31 Å². The maximum absolute atomic E-state index is 12.7. The average molecular weight is 314 g/mol. The lowest BCUT2D eigenvalue weighted by molar-refractivity contribution is -0.131. The summed E-state index contributed by atoms with van der Waals surface area (Å²) in [5.74, 6) is 0.166. The Morgan fingerprint density at radius 2 is 1.95 bits per heavy atom. The summed E-state index contributed by atoms with van der Waals surface area (Å²) >= 11 is 0. The van der Waals surface area contributed by atoms with E-state index in [0.717, 1.165) is 19.3 Å². The summed E-state index contributed by atoms with van der Waals surface area (Å²) in [5, 5.41) is 0. The molecule has 120 valence electrons. The van der Waals surface area contributed by atoms with Gasteiger partial charge in [0.05, 0.1) is 17.8 Å². The molecule has 2 bridgehead atoms. The second-order valence-electron chi connectivity index (χ2n) is 8.03. The van der Waals surface area contributed by atoms with Crippen LogP contribution in [0, 0.1) is 22.7 Å². The van der Waals surface area contributed by atoms with Gasteiger partial charge in [0, 0.05) is 5.41 Å². The van der Waals surface area contributed by atoms with Crippen LogP contribution in [-0.4, -0.2) is 36.5 Å². The van der Waals surface area contributed by atoms with Gasteiger partial charge in [-0.3, -0.25) is 4.79 Å². The standard InChI is InChI=1S/C15H26N2O3S/c1-9(2)12(16)13(18)17-11-7-10-5-6-15(11,14(10,3)4)8-21(17,19)20/h9-12H,5-8,16H2,1-4H3/t10-,11-,12+,15-/m0/s1. The van der Waals surface area contributed by atoms with Crippen LogP contribution in [0.3, 0.4) is 0 Å². The second-order valence-corrected chi connectivity index (χ2v) is 9.87. The molecule has 2 saturated carbocycles. The molecule has 1 amide bonds. The van der Waals surface area contributed by atoms with Gasteiger partial charge in [-0.1, -0.05) is 27.7 Å². The smallest absolute Gasteiger partial charge is 0.253 e. The van der Waals surface area contributed by atoms with E-state index in [9.17, 15) is 13.2 Å². The zero-order valence-electron chi connectivity index (χ0n) is 13.3. The van der Waals surface area contributed by atoms with E-state index in [-0.39, 0.29) is 28.5 Å². The number of sulfonamides is 1. The molecule has 1 saturated heterocycles. The predicted molar refractivity (Wildman–Crippen MR) is 80.8 cm³/mol. The minimum atomic E-state index is -3.54. The molecule has 5 nitrogen and oxygen atoms in total. The first-order valence-corrected chi connectivity index (χ1v) is 9.47. The number of rotatable bonds is 2. The summed E-state index contributed by atoms with van der Waals surface area (Å²) in [4.78, 5) is 12.7. The van der Waals surface area contributed by atoms with Crippen molar-refractivity contribution >= 4 is 15.9 Å². The number of fused-ring (bicyclic) bond motifs is 1. The van der Waals surface area contributed by atoms with Crippen molar-refractivity contribution in [2.45, 2.75) is 59.0 Å². The van der Waals surface area contributed by atoms with Crippen LogP contribution in [-0.2, 0) is 14.8 Å². The molecule has 1 aliphatic heterocycles. The fourth-order valence-corrected chi connectivity index (χ4v) is 7.58. The van der Waals surface area contributed by atoms with Crippen molar-refractivity contribution < 1.29 is 13.2 Å². The summed E-state index contributed by atoms with van der Waals surface area (Å²) in [6.07, 6.45) is 2.80. The molecule has 0 radical (unpaired) electrons. The summed E-state index contributed by atoms with van der Waals surface area (Å²) < 4.78 is 26.5. The molecule has 6 heteroatoms. The zero-order valence-corrected chi connectivity index (χ0v) is 14.1. The van der Waals surface area contributed by atoms with E-state index in [1.165, 1.54) is 4.31 Å². The van der Waals surface area contributed by atoms with Crippen LogP contribution in [0.5, 0.6) is 0 Å². The maximum atomic E-state index is 12.7. The number of hydrogen-bond donors (Lipinski definition) is 1. The lowest BCUT2D eigenvalue weighted by atomic mass is 9.69. The molecular formula is C15H26N2O3S. The Kier molecular flexibility index (Phi) is 3.07. The quantitative estimate of drug-likeness (QED) is 0.834. The lowest BCUT2D eigenvalue weighted by Crippen LogP contribution is -2.51. The van der Waals surface area contributed by atoms with Gasteiger partial charge in [0.2, 0.25) is 10.0 Å². The van der Waals surface area contributed by atoms with E-state index in [0.29, 0.717) is 5.92 Å². The number of nitrogens with zero attached hydrogens (tertiary/aromatic N) is 1. The molecule has 0 aromatic heterocycles. The Labute approximate surface area is 127 Å². The molecule has 0 aromatic carbocycles. The third kappa shape index (κ3) is 1.72. The van der Waals surface area contributed by atoms with Gasteiger partial charge in [-0.2, -0.15) is 0 Å². The first kappa shape index (κ1) is 15.3. The maximum Gasteiger partial charge on any atom is 0.253 e. The first-order chi connectivity index (χ1) is 9.54. The fourth-order valence-electron chi connectivity index (χ4n) is 5.01. The van der Waals surface area contributed by atoms with E-state index in [4.69, 9.17) is 5.73 Å². The predicted octanol–water partition coefficient (Wildman–Crippen LogP) is 1.34. The van der Waals surface area contributed by atoms with Crippen molar-refractivity contribution in [3.8, 4) is 0 Å². The Morgan fingerprint density at radius 3 is 2.48 bits per heavy atom. The number of nitrogens with two attached hydrogens (primary N) is 1. The van der Waals surface area contributed by atoms with E-state index < -0.39 is 22.0 Å². The van der Waals surface area contributed by atoms with Crippen LogP contribution >= 0.6 is 0 Å². The van der Waals surface area contributed by atoms with Crippen LogP contribution in [0.1, 0.15) is 47.0 Å². The van der Waals surface area contributed by atoms with Crippen molar-refractivity contribution in [2.24, 2.45) is 28.4 Å². The highest BCUT2D eigenvalue weighted by Gasteiger charge is 2.72. The summed E-state index contributed by atoms with van der Waals surface area (Å²) in [6.45, 7) is 8.06. The summed E-state index contributed by atoms with van der Waals surface area (Å²) in [5.41, 5.74) is 5.68. The SMILES string of the molecule is CC(C)[C@@H](N)C(=O)N1[C@H]2C[C@@H]3CC[C@@]2(CS1(=O)=O)C3(C)C. The molecule has 0 unspecified atom stereocenters. The lowest BCUT2D eigenvalue weighted by Gasteiger charge is -2.37. The minimum Gasteiger partial charge on any atom is -0.320 e. The molecule has 2 aliphatic carbocycles. The minimum absolute atomic E-state index is 0.0122. The average Bonchev–Trinajstić information content (AvgIpc) is 2.83. The van der Waals surface area contributed by atoms with E-state index in [1.807, 2.05) is 13.8 Å². The molecule has 3 fully saturated rings. The fraction of sp³-hybridized carbons (Fsp3) is 0.933. The van der Waals surface area contributed by atoms with Crippen LogP contribution in [0.4, 0.5) is 0 Å². The molecular weight excluding hydrogens is 288 g/mol. The van der Waals surface area contributed by atoms with E-state index in [2.05, 4.69) is 13.8 Å². The molecule has 1 heterocycles. The summed E-state index contributed by atoms with van der Waals surface area (Å²) in [7, 11) is -3.54. The number of carbonyl (C=O) groups excluding carboxylic acids is 1. The molecule has 1 spiro atoms. The third-order valence-electron chi connectivity index (χ3n) is 6.63. The molecule has 21 heavy (non-hydrogen) atoms. The Hall–Kier alpha value is -0.620. The van der Waals surface area contributed by atoms with Crippen LogP contribution in [0.25, 0.3) is 0 Å². The van der Waals surface area contributed by atoms with Gasteiger partial charge < -0.3 is 5.73 Å². The van der Waals surface area contributed by atoms with Crippen molar-refractivity contribution in [2.75, 3.05) is 5.75 Å². The Bertz CT molecular complexity index is 584. The monoisotopic (exact) mass is 314 g/mol. The van der Waals surface area contributed by atoms with Gasteiger partial charge in [0.25, 0.3) is 5.91 Å². The second kappa shape index (κ2) is 4.22. The van der Waals surface area contributed by atoms with Gasteiger partial charge in [-0.05, 0) is 36.5 Å². The molecule has 4 atom stereocenters. The van der Waals surface area contributed by atoms with Gasteiger partial charge in [0.1, 0.15) is 0 Å². The van der Waals surface area contributed by atoms with Crippen LogP contribution in [0.15, 0.2) is 0 Å². The van der Waals surface area contributed by atoms with Gasteiger partial charge in [0.15, 0.2) is 0 Å². The van der Waals surface area contributed by atoms with Crippen LogP contribution in [0.2, 0.25) is 0 Å².